The van der Waals surface area contributed by atoms with E-state index in [0.29, 0.717) is 11.3 Å². The van der Waals surface area contributed by atoms with Crippen LogP contribution in [0.1, 0.15) is 39.2 Å². The normalized spacial score (nSPS) is 10.7. The summed E-state index contributed by atoms with van der Waals surface area (Å²) in [5.74, 6) is 1.58. The van der Waals surface area contributed by atoms with E-state index >= 15 is 0 Å². The first-order valence-electron chi connectivity index (χ1n) is 5.31. The molecule has 0 radical (unpaired) electrons. The van der Waals surface area contributed by atoms with Gasteiger partial charge < -0.3 is 4.42 Å². The van der Waals surface area contributed by atoms with Crippen LogP contribution in [0.15, 0.2) is 21.9 Å². The second kappa shape index (κ2) is 4.26. The van der Waals surface area contributed by atoms with E-state index in [1.807, 2.05) is 31.4 Å². The maximum atomic E-state index is 12.3. The van der Waals surface area contributed by atoms with Crippen LogP contribution in [0.2, 0.25) is 0 Å². The second-order valence-electron chi connectivity index (χ2n) is 3.78. The molecule has 0 saturated heterocycles. The molecule has 0 aromatic carbocycles. The minimum atomic E-state index is 0.0844. The Balaban J connectivity index is 2.43. The minimum absolute atomic E-state index is 0.0844. The summed E-state index contributed by atoms with van der Waals surface area (Å²) >= 11 is 1.50. The molecule has 0 spiro atoms. The number of rotatable bonds is 3. The molecule has 2 aromatic rings. The largest absolute Gasteiger partial charge is 0.466 e. The van der Waals surface area contributed by atoms with Crippen molar-refractivity contribution in [2.24, 2.45) is 0 Å². The lowest BCUT2D eigenvalue weighted by Gasteiger charge is -1.99. The predicted octanol–water partition coefficient (Wildman–Crippen LogP) is 3.75. The highest BCUT2D eigenvalue weighted by atomic mass is 32.1. The van der Waals surface area contributed by atoms with Crippen LogP contribution >= 0.6 is 11.3 Å². The summed E-state index contributed by atoms with van der Waals surface area (Å²) in [5.41, 5.74) is 1.81. The summed E-state index contributed by atoms with van der Waals surface area (Å²) < 4.78 is 5.39. The van der Waals surface area contributed by atoms with E-state index < -0.39 is 0 Å². The third kappa shape index (κ3) is 1.83. The standard InChI is InChI=1S/C13H14O2S/c1-4-10-5-6-16-13(10)12(14)11-7-8(2)15-9(11)3/h5-7H,4H2,1-3H3. The van der Waals surface area contributed by atoms with Crippen LogP contribution in [0.5, 0.6) is 0 Å². The zero-order valence-corrected chi connectivity index (χ0v) is 10.5. The van der Waals surface area contributed by atoms with Crippen LogP contribution < -0.4 is 0 Å². The van der Waals surface area contributed by atoms with Gasteiger partial charge in [-0.3, -0.25) is 4.79 Å². The summed E-state index contributed by atoms with van der Waals surface area (Å²) in [5, 5.41) is 1.97. The summed E-state index contributed by atoms with van der Waals surface area (Å²) in [6.07, 6.45) is 0.889. The molecule has 2 aromatic heterocycles. The number of thiophene rings is 1. The summed E-state index contributed by atoms with van der Waals surface area (Å²) in [7, 11) is 0. The van der Waals surface area contributed by atoms with Crippen molar-refractivity contribution in [2.45, 2.75) is 27.2 Å². The maximum Gasteiger partial charge on any atom is 0.206 e. The fourth-order valence-electron chi connectivity index (χ4n) is 1.79. The Morgan fingerprint density at radius 3 is 2.75 bits per heavy atom. The second-order valence-corrected chi connectivity index (χ2v) is 4.70. The molecule has 2 heterocycles. The Morgan fingerprint density at radius 1 is 1.44 bits per heavy atom. The minimum Gasteiger partial charge on any atom is -0.466 e. The Hall–Kier alpha value is -1.35. The highest BCUT2D eigenvalue weighted by molar-refractivity contribution is 7.12. The van der Waals surface area contributed by atoms with Gasteiger partial charge in [0.05, 0.1) is 10.4 Å². The van der Waals surface area contributed by atoms with E-state index in [2.05, 4.69) is 6.92 Å². The van der Waals surface area contributed by atoms with Gasteiger partial charge >= 0.3 is 0 Å². The molecule has 0 aliphatic carbocycles. The molecule has 3 heteroatoms. The van der Waals surface area contributed by atoms with Crippen LogP contribution in [0.25, 0.3) is 0 Å². The van der Waals surface area contributed by atoms with Crippen molar-refractivity contribution in [3.8, 4) is 0 Å². The molecule has 84 valence electrons. The van der Waals surface area contributed by atoms with Crippen LogP contribution in [0, 0.1) is 13.8 Å². The van der Waals surface area contributed by atoms with Crippen LogP contribution in [-0.4, -0.2) is 5.78 Å². The molecule has 0 fully saturated rings. The molecular formula is C13H14O2S. The zero-order chi connectivity index (χ0) is 11.7. The Bertz CT molecular complexity index is 520. The number of hydrogen-bond donors (Lipinski definition) is 0. The summed E-state index contributed by atoms with van der Waals surface area (Å²) in [6.45, 7) is 5.75. The van der Waals surface area contributed by atoms with Gasteiger partial charge in [-0.25, -0.2) is 0 Å². The Kier molecular flexibility index (Phi) is 2.97. The van der Waals surface area contributed by atoms with Crippen molar-refractivity contribution in [2.75, 3.05) is 0 Å². The van der Waals surface area contributed by atoms with E-state index in [4.69, 9.17) is 4.42 Å². The van der Waals surface area contributed by atoms with Crippen LogP contribution in [0.3, 0.4) is 0 Å². The Morgan fingerprint density at radius 2 is 2.19 bits per heavy atom. The van der Waals surface area contributed by atoms with Crippen molar-refractivity contribution < 1.29 is 9.21 Å². The number of carbonyl (C=O) groups is 1. The number of carbonyl (C=O) groups excluding carboxylic acids is 1. The van der Waals surface area contributed by atoms with E-state index in [0.717, 1.165) is 22.6 Å². The van der Waals surface area contributed by atoms with Crippen molar-refractivity contribution in [3.05, 3.63) is 45.0 Å². The smallest absolute Gasteiger partial charge is 0.206 e. The van der Waals surface area contributed by atoms with Gasteiger partial charge in [-0.05, 0) is 43.3 Å². The van der Waals surface area contributed by atoms with Gasteiger partial charge in [0.1, 0.15) is 11.5 Å². The molecule has 0 bridgehead atoms. The molecule has 16 heavy (non-hydrogen) atoms. The average molecular weight is 234 g/mol. The molecule has 0 amide bonds. The zero-order valence-electron chi connectivity index (χ0n) is 9.66. The SMILES string of the molecule is CCc1ccsc1C(=O)c1cc(C)oc1C. The first-order chi connectivity index (χ1) is 7.63. The highest BCUT2D eigenvalue weighted by Gasteiger charge is 2.18. The van der Waals surface area contributed by atoms with Gasteiger partial charge in [0, 0.05) is 0 Å². The molecule has 0 aliphatic heterocycles. The van der Waals surface area contributed by atoms with Crippen molar-refractivity contribution in [3.63, 3.8) is 0 Å². The lowest BCUT2D eigenvalue weighted by Crippen LogP contribution is -2.01. The summed E-state index contributed by atoms with van der Waals surface area (Å²) in [6, 6.07) is 3.83. The fraction of sp³-hybridized carbons (Fsp3) is 0.308. The van der Waals surface area contributed by atoms with Gasteiger partial charge in [0.2, 0.25) is 5.78 Å². The van der Waals surface area contributed by atoms with Crippen molar-refractivity contribution >= 4 is 17.1 Å². The lowest BCUT2D eigenvalue weighted by atomic mass is 10.1. The molecule has 0 aliphatic rings. The first-order valence-corrected chi connectivity index (χ1v) is 6.19. The maximum absolute atomic E-state index is 12.3. The number of ketones is 1. The lowest BCUT2D eigenvalue weighted by molar-refractivity contribution is 0.104. The molecule has 0 N–H and O–H groups in total. The molecule has 0 atom stereocenters. The third-order valence-electron chi connectivity index (χ3n) is 2.62. The quantitative estimate of drug-likeness (QED) is 0.757. The molecule has 2 rings (SSSR count). The third-order valence-corrected chi connectivity index (χ3v) is 3.57. The highest BCUT2D eigenvalue weighted by Crippen LogP contribution is 2.24. The van der Waals surface area contributed by atoms with Crippen LogP contribution in [-0.2, 0) is 6.42 Å². The topological polar surface area (TPSA) is 30.2 Å². The van der Waals surface area contributed by atoms with Gasteiger partial charge in [0.25, 0.3) is 0 Å². The van der Waals surface area contributed by atoms with Crippen molar-refractivity contribution in [1.82, 2.24) is 0 Å². The van der Waals surface area contributed by atoms with Crippen molar-refractivity contribution in [1.29, 1.82) is 0 Å². The average Bonchev–Trinajstić information content (AvgIpc) is 2.83. The summed E-state index contributed by atoms with van der Waals surface area (Å²) in [4.78, 5) is 13.1. The van der Waals surface area contributed by atoms with E-state index in [-0.39, 0.29) is 5.78 Å². The molecule has 0 saturated carbocycles. The van der Waals surface area contributed by atoms with Gasteiger partial charge in [-0.15, -0.1) is 11.3 Å². The predicted molar refractivity (Wildman–Crippen MR) is 65.3 cm³/mol. The molecule has 2 nitrogen and oxygen atoms in total. The van der Waals surface area contributed by atoms with Crippen LogP contribution in [0.4, 0.5) is 0 Å². The number of hydrogen-bond acceptors (Lipinski definition) is 3. The number of aryl methyl sites for hydroxylation is 3. The molecule has 0 unspecified atom stereocenters. The van der Waals surface area contributed by atoms with E-state index in [1.165, 1.54) is 11.3 Å². The van der Waals surface area contributed by atoms with Gasteiger partial charge in [-0.2, -0.15) is 0 Å². The molecular weight excluding hydrogens is 220 g/mol. The van der Waals surface area contributed by atoms with E-state index in [9.17, 15) is 4.79 Å². The number of furan rings is 1. The van der Waals surface area contributed by atoms with Gasteiger partial charge in [0.15, 0.2) is 0 Å². The monoisotopic (exact) mass is 234 g/mol. The first kappa shape index (κ1) is 11.1. The van der Waals surface area contributed by atoms with E-state index in [1.54, 1.807) is 0 Å². The Labute approximate surface area is 98.9 Å². The van der Waals surface area contributed by atoms with Gasteiger partial charge in [-0.1, -0.05) is 6.92 Å². The fourth-order valence-corrected chi connectivity index (χ4v) is 2.74.